The average molecular weight is 558 g/mol. The minimum absolute atomic E-state index is 0.616. The lowest BCUT2D eigenvalue weighted by Gasteiger charge is -2.37. The normalized spacial score (nSPS) is 14.0. The molecule has 0 atom stereocenters. The molecule has 1 aliphatic heterocycles. The molecule has 1 aliphatic rings. The van der Waals surface area contributed by atoms with Crippen LogP contribution in [0.5, 0.6) is 5.75 Å². The summed E-state index contributed by atoms with van der Waals surface area (Å²) < 4.78 is 37.6. The first-order chi connectivity index (χ1) is 17.9. The molecule has 0 bridgehead atoms. The highest BCUT2D eigenvalue weighted by Gasteiger charge is 2.38. The van der Waals surface area contributed by atoms with Crippen LogP contribution < -0.4 is 14.5 Å². The molecule has 0 radical (unpaired) electrons. The van der Waals surface area contributed by atoms with Crippen LogP contribution in [0.25, 0.3) is 11.0 Å². The number of ether oxygens (including phenoxy) is 1. The number of carbonyl (C=O) groups is 1. The van der Waals surface area contributed by atoms with E-state index in [0.29, 0.717) is 11.6 Å². The molecule has 38 heavy (non-hydrogen) atoms. The number of nitrogens with one attached hydrogen (secondary N) is 1. The number of aryl methyl sites for hydroxylation is 2. The van der Waals surface area contributed by atoms with E-state index in [-0.39, 0.29) is 0 Å². The summed E-state index contributed by atoms with van der Waals surface area (Å²) in [4.78, 5) is 24.6. The Morgan fingerprint density at radius 3 is 2.39 bits per heavy atom. The number of aliphatic carboxylic acids is 1. The SMILES string of the molecule is CCc1n[nH]c2ncnc(N3CCN(c4cc(Cl)c(OCCN(C)C)cc4C)CC3)c12.O=C(O)C(F)(F)F. The number of hydrogen-bond donors (Lipinski definition) is 2. The van der Waals surface area contributed by atoms with E-state index in [1.54, 1.807) is 6.33 Å². The number of anilines is 2. The fraction of sp³-hybridized carbons (Fsp3) is 0.500. The first-order valence-corrected chi connectivity index (χ1v) is 12.4. The van der Waals surface area contributed by atoms with Gasteiger partial charge in [-0.05, 0) is 45.1 Å². The van der Waals surface area contributed by atoms with Crippen LogP contribution in [0.2, 0.25) is 5.02 Å². The molecule has 1 saturated heterocycles. The Labute approximate surface area is 223 Å². The minimum Gasteiger partial charge on any atom is -0.491 e. The number of hydrogen-bond acceptors (Lipinski definition) is 8. The lowest BCUT2D eigenvalue weighted by Crippen LogP contribution is -2.47. The second-order valence-corrected chi connectivity index (χ2v) is 9.35. The first kappa shape index (κ1) is 29.2. The van der Waals surface area contributed by atoms with Crippen LogP contribution in [0, 0.1) is 6.92 Å². The summed E-state index contributed by atoms with van der Waals surface area (Å²) in [5, 5.41) is 16.2. The number of piperazine rings is 1. The maximum atomic E-state index is 10.6. The van der Waals surface area contributed by atoms with Gasteiger partial charge in [-0.15, -0.1) is 0 Å². The zero-order chi connectivity index (χ0) is 28.0. The molecule has 2 aromatic heterocycles. The Morgan fingerprint density at radius 2 is 1.82 bits per heavy atom. The molecule has 14 heteroatoms. The van der Waals surface area contributed by atoms with E-state index in [4.69, 9.17) is 26.2 Å². The number of benzene rings is 1. The number of rotatable bonds is 7. The summed E-state index contributed by atoms with van der Waals surface area (Å²) in [7, 11) is 4.06. The molecule has 1 fully saturated rings. The Bertz CT molecular complexity index is 1240. The number of carboxylic acids is 1. The van der Waals surface area contributed by atoms with Crippen molar-refractivity contribution in [3.8, 4) is 5.75 Å². The Hall–Kier alpha value is -3.32. The molecule has 3 heterocycles. The predicted molar refractivity (Wildman–Crippen MR) is 139 cm³/mol. The van der Waals surface area contributed by atoms with Crippen LogP contribution in [0.4, 0.5) is 24.7 Å². The molecule has 0 unspecified atom stereocenters. The minimum atomic E-state index is -5.08. The zero-order valence-electron chi connectivity index (χ0n) is 21.6. The topological polar surface area (TPSA) is 111 Å². The third-order valence-electron chi connectivity index (χ3n) is 5.96. The monoisotopic (exact) mass is 557 g/mol. The van der Waals surface area contributed by atoms with E-state index in [1.807, 2.05) is 26.2 Å². The molecular formula is C24H31ClF3N7O3. The van der Waals surface area contributed by atoms with Crippen molar-refractivity contribution in [1.29, 1.82) is 0 Å². The molecule has 0 saturated carbocycles. The number of nitrogens with zero attached hydrogens (tertiary/aromatic N) is 6. The maximum Gasteiger partial charge on any atom is 0.490 e. The van der Waals surface area contributed by atoms with E-state index in [1.165, 1.54) is 5.56 Å². The van der Waals surface area contributed by atoms with E-state index >= 15 is 0 Å². The highest BCUT2D eigenvalue weighted by atomic mass is 35.5. The molecule has 208 valence electrons. The quantitative estimate of drug-likeness (QED) is 0.448. The molecule has 4 rings (SSSR count). The molecule has 10 nitrogen and oxygen atoms in total. The van der Waals surface area contributed by atoms with Gasteiger partial charge in [0.1, 0.15) is 24.5 Å². The van der Waals surface area contributed by atoms with Crippen molar-refractivity contribution in [2.75, 3.05) is 63.2 Å². The number of carboxylic acid groups (broad SMARTS) is 1. The van der Waals surface area contributed by atoms with Gasteiger partial charge in [0.15, 0.2) is 5.65 Å². The van der Waals surface area contributed by atoms with Gasteiger partial charge < -0.3 is 24.5 Å². The van der Waals surface area contributed by atoms with E-state index in [9.17, 15) is 13.2 Å². The van der Waals surface area contributed by atoms with Crippen LogP contribution in [0.3, 0.4) is 0 Å². The number of aromatic nitrogens is 4. The zero-order valence-corrected chi connectivity index (χ0v) is 22.4. The van der Waals surface area contributed by atoms with E-state index < -0.39 is 12.1 Å². The number of likely N-dealkylation sites (N-methyl/N-ethyl adjacent to an activating group) is 1. The van der Waals surface area contributed by atoms with Gasteiger partial charge in [-0.25, -0.2) is 14.8 Å². The molecule has 2 N–H and O–H groups in total. The van der Waals surface area contributed by atoms with Gasteiger partial charge in [0.25, 0.3) is 0 Å². The van der Waals surface area contributed by atoms with Crippen molar-refractivity contribution in [2.24, 2.45) is 0 Å². The Balaban J connectivity index is 0.000000505. The third kappa shape index (κ3) is 7.16. The summed E-state index contributed by atoms with van der Waals surface area (Å²) in [6.07, 6.45) is -2.62. The van der Waals surface area contributed by atoms with Gasteiger partial charge >= 0.3 is 12.1 Å². The fourth-order valence-electron chi connectivity index (χ4n) is 3.99. The number of aromatic amines is 1. The molecular weight excluding hydrogens is 527 g/mol. The third-order valence-corrected chi connectivity index (χ3v) is 6.25. The van der Waals surface area contributed by atoms with E-state index in [0.717, 1.165) is 73.1 Å². The van der Waals surface area contributed by atoms with Crippen LogP contribution in [0.1, 0.15) is 18.2 Å². The van der Waals surface area contributed by atoms with Gasteiger partial charge in [-0.1, -0.05) is 18.5 Å². The molecule has 0 aliphatic carbocycles. The largest absolute Gasteiger partial charge is 0.491 e. The summed E-state index contributed by atoms with van der Waals surface area (Å²) in [6.45, 7) is 9.22. The fourth-order valence-corrected chi connectivity index (χ4v) is 4.20. The lowest BCUT2D eigenvalue weighted by atomic mass is 10.1. The molecule has 0 spiro atoms. The summed E-state index contributed by atoms with van der Waals surface area (Å²) in [5.41, 5.74) is 4.15. The second-order valence-electron chi connectivity index (χ2n) is 8.94. The highest BCUT2D eigenvalue weighted by molar-refractivity contribution is 6.32. The number of alkyl halides is 3. The van der Waals surface area contributed by atoms with Crippen LogP contribution in [-0.4, -0.2) is 95.7 Å². The van der Waals surface area contributed by atoms with Crippen molar-refractivity contribution in [1.82, 2.24) is 25.1 Å². The van der Waals surface area contributed by atoms with Gasteiger partial charge in [0.2, 0.25) is 0 Å². The average Bonchev–Trinajstić information content (AvgIpc) is 3.29. The van der Waals surface area contributed by atoms with E-state index in [2.05, 4.69) is 48.7 Å². The molecule has 1 aromatic carbocycles. The van der Waals surface area contributed by atoms with Crippen LogP contribution in [-0.2, 0) is 11.2 Å². The van der Waals surface area contributed by atoms with Gasteiger partial charge in [-0.2, -0.15) is 18.3 Å². The summed E-state index contributed by atoms with van der Waals surface area (Å²) in [6, 6.07) is 4.08. The summed E-state index contributed by atoms with van der Waals surface area (Å²) >= 11 is 6.54. The highest BCUT2D eigenvalue weighted by Crippen LogP contribution is 2.34. The van der Waals surface area contributed by atoms with Crippen LogP contribution >= 0.6 is 11.6 Å². The van der Waals surface area contributed by atoms with Gasteiger partial charge in [0, 0.05) is 38.4 Å². The second kappa shape index (κ2) is 12.5. The van der Waals surface area contributed by atoms with Gasteiger partial charge in [-0.3, -0.25) is 5.10 Å². The van der Waals surface area contributed by atoms with Crippen LogP contribution in [0.15, 0.2) is 18.5 Å². The van der Waals surface area contributed by atoms with Crippen molar-refractivity contribution in [3.63, 3.8) is 0 Å². The first-order valence-electron chi connectivity index (χ1n) is 12.0. The Kier molecular flexibility index (Phi) is 9.60. The standard InChI is InChI=1S/C22H30ClN7O.C2HF3O2/c1-5-17-20-21(27-26-17)24-14-25-22(20)30-8-6-29(7-9-30)18-13-16(23)19(12-15(18)2)31-11-10-28(3)4;3-2(4,5)1(6)7/h12-14H,5-11H2,1-4H3,(H,24,25,26,27);(H,6,7). The smallest absolute Gasteiger partial charge is 0.490 e. The number of fused-ring (bicyclic) bond motifs is 1. The Morgan fingerprint density at radius 1 is 1.18 bits per heavy atom. The van der Waals surface area contributed by atoms with Gasteiger partial charge in [0.05, 0.1) is 16.1 Å². The van der Waals surface area contributed by atoms with Crippen molar-refractivity contribution >= 4 is 40.1 Å². The summed E-state index contributed by atoms with van der Waals surface area (Å²) in [5.74, 6) is -1.04. The molecule has 3 aromatic rings. The predicted octanol–water partition coefficient (Wildman–Crippen LogP) is 3.78. The lowest BCUT2D eigenvalue weighted by molar-refractivity contribution is -0.192. The maximum absolute atomic E-state index is 10.6. The molecule has 0 amide bonds. The van der Waals surface area contributed by atoms with Crippen molar-refractivity contribution < 1.29 is 27.8 Å². The number of H-pyrrole nitrogens is 1. The number of halogens is 4. The van der Waals surface area contributed by atoms with Crippen molar-refractivity contribution in [2.45, 2.75) is 26.4 Å². The van der Waals surface area contributed by atoms with Crippen molar-refractivity contribution in [3.05, 3.63) is 34.7 Å².